The fraction of sp³-hybridized carbons (Fsp3) is 0.267. The molecule has 0 spiro atoms. The summed E-state index contributed by atoms with van der Waals surface area (Å²) in [5, 5.41) is 4.47. The Morgan fingerprint density at radius 2 is 1.92 bits per heavy atom. The molecule has 0 N–H and O–H groups in total. The van der Waals surface area contributed by atoms with Crippen molar-refractivity contribution in [2.45, 2.75) is 26.4 Å². The van der Waals surface area contributed by atoms with Crippen LogP contribution >= 0.6 is 34.2 Å². The number of benzene rings is 1. The van der Waals surface area contributed by atoms with E-state index in [-0.39, 0.29) is 16.6 Å². The normalized spacial score (nSPS) is 12.1. The van der Waals surface area contributed by atoms with Crippen LogP contribution in [0.1, 0.15) is 17.0 Å². The van der Waals surface area contributed by atoms with Gasteiger partial charge in [0.15, 0.2) is 5.82 Å². The lowest BCUT2D eigenvalue weighted by Crippen LogP contribution is -2.11. The third kappa shape index (κ3) is 3.34. The highest BCUT2D eigenvalue weighted by molar-refractivity contribution is 14.1. The first kappa shape index (κ1) is 17.4. The topological polar surface area (TPSA) is 51.8 Å². The smallest absolute Gasteiger partial charge is 0.334 e. The average Bonchev–Trinajstić information content (AvgIpc) is 2.85. The highest BCUT2D eigenvalue weighted by Crippen LogP contribution is 2.36. The van der Waals surface area contributed by atoms with Gasteiger partial charge < -0.3 is 4.52 Å². The lowest BCUT2D eigenvalue weighted by molar-refractivity contribution is -0.127. The van der Waals surface area contributed by atoms with E-state index in [2.05, 4.69) is 15.1 Å². The molecule has 0 bridgehead atoms. The molecule has 24 heavy (non-hydrogen) atoms. The Labute approximate surface area is 153 Å². The van der Waals surface area contributed by atoms with Crippen LogP contribution in [0.3, 0.4) is 0 Å². The van der Waals surface area contributed by atoms with Crippen LogP contribution in [-0.2, 0) is 6.42 Å². The monoisotopic (exact) mass is 467 g/mol. The summed E-state index contributed by atoms with van der Waals surface area (Å²) in [6.45, 7) is 3.41. The van der Waals surface area contributed by atoms with E-state index in [1.165, 1.54) is 12.1 Å². The van der Waals surface area contributed by atoms with Gasteiger partial charge in [-0.2, -0.15) is 18.2 Å². The van der Waals surface area contributed by atoms with E-state index in [1.807, 2.05) is 22.6 Å². The van der Waals surface area contributed by atoms with Gasteiger partial charge in [-0.3, -0.25) is 0 Å². The van der Waals surface area contributed by atoms with Crippen molar-refractivity contribution in [3.8, 4) is 11.5 Å². The van der Waals surface area contributed by atoms with Crippen molar-refractivity contribution in [2.24, 2.45) is 0 Å². The summed E-state index contributed by atoms with van der Waals surface area (Å²) in [7, 11) is 0. The maximum atomic E-state index is 12.7. The van der Waals surface area contributed by atoms with Crippen LogP contribution in [-0.4, -0.2) is 21.3 Å². The van der Waals surface area contributed by atoms with Crippen molar-refractivity contribution in [3.05, 3.63) is 37.8 Å². The van der Waals surface area contributed by atoms with E-state index in [9.17, 15) is 13.2 Å². The molecule has 0 saturated heterocycles. The van der Waals surface area contributed by atoms with Crippen LogP contribution in [0, 0.1) is 17.4 Å². The highest BCUT2D eigenvalue weighted by atomic mass is 127. The molecule has 0 saturated carbocycles. The quantitative estimate of drug-likeness (QED) is 0.381. The van der Waals surface area contributed by atoms with Crippen LogP contribution in [0.4, 0.5) is 13.2 Å². The molecule has 0 aliphatic carbocycles. The molecule has 0 unspecified atom stereocenters. The zero-order chi connectivity index (χ0) is 17.6. The van der Waals surface area contributed by atoms with Gasteiger partial charge >= 0.3 is 6.18 Å². The maximum absolute atomic E-state index is 12.7. The molecule has 4 nitrogen and oxygen atoms in total. The Hall–Kier alpha value is -1.42. The van der Waals surface area contributed by atoms with Gasteiger partial charge in [0.05, 0.1) is 17.5 Å². The summed E-state index contributed by atoms with van der Waals surface area (Å²) < 4.78 is 43.9. The van der Waals surface area contributed by atoms with Crippen molar-refractivity contribution >= 4 is 45.1 Å². The van der Waals surface area contributed by atoms with Crippen molar-refractivity contribution in [3.63, 3.8) is 0 Å². The second-order valence-corrected chi connectivity index (χ2v) is 6.84. The Bertz CT molecular complexity index is 940. The fourth-order valence-electron chi connectivity index (χ4n) is 2.48. The first-order valence-electron chi connectivity index (χ1n) is 6.81. The molecule has 3 rings (SSSR count). The highest BCUT2D eigenvalue weighted by Gasteiger charge is 2.28. The number of fused-ring (bicyclic) bond motifs is 1. The number of aryl methyl sites for hydroxylation is 2. The van der Waals surface area contributed by atoms with E-state index in [1.54, 1.807) is 13.8 Å². The number of aromatic nitrogens is 3. The third-order valence-corrected chi connectivity index (χ3v) is 4.56. The summed E-state index contributed by atoms with van der Waals surface area (Å²) in [6.07, 6.45) is -5.28. The van der Waals surface area contributed by atoms with Gasteiger partial charge in [0.2, 0.25) is 0 Å². The molecule has 0 fully saturated rings. The zero-order valence-corrected chi connectivity index (χ0v) is 15.4. The predicted molar refractivity (Wildman–Crippen MR) is 92.0 cm³/mol. The summed E-state index contributed by atoms with van der Waals surface area (Å²) in [4.78, 5) is 8.44. The van der Waals surface area contributed by atoms with Gasteiger partial charge in [-0.05, 0) is 59.7 Å². The van der Waals surface area contributed by atoms with Crippen LogP contribution in [0.15, 0.2) is 16.7 Å². The van der Waals surface area contributed by atoms with E-state index in [0.29, 0.717) is 31.4 Å². The summed E-state index contributed by atoms with van der Waals surface area (Å²) >= 11 is 8.21. The molecule has 126 valence electrons. The largest absolute Gasteiger partial charge is 0.393 e. The van der Waals surface area contributed by atoms with Gasteiger partial charge in [0, 0.05) is 8.96 Å². The molecule has 0 radical (unpaired) electrons. The van der Waals surface area contributed by atoms with Crippen LogP contribution in [0.5, 0.6) is 0 Å². The van der Waals surface area contributed by atoms with Crippen molar-refractivity contribution < 1.29 is 17.7 Å². The Morgan fingerprint density at radius 3 is 2.50 bits per heavy atom. The predicted octanol–water partition coefficient (Wildman–Crippen LogP) is 5.26. The van der Waals surface area contributed by atoms with Crippen molar-refractivity contribution in [1.29, 1.82) is 0 Å². The fourth-order valence-corrected chi connectivity index (χ4v) is 3.60. The van der Waals surface area contributed by atoms with Crippen LogP contribution in [0.25, 0.3) is 22.4 Å². The number of nitrogens with zero attached hydrogens (tertiary/aromatic N) is 3. The summed E-state index contributed by atoms with van der Waals surface area (Å²) in [6, 6.07) is 2.95. The molecule has 0 amide bonds. The Morgan fingerprint density at radius 1 is 1.21 bits per heavy atom. The molecule has 2 aromatic heterocycles. The maximum Gasteiger partial charge on any atom is 0.393 e. The van der Waals surface area contributed by atoms with E-state index in [4.69, 9.17) is 16.1 Å². The average molecular weight is 468 g/mol. The first-order valence-corrected chi connectivity index (χ1v) is 8.27. The van der Waals surface area contributed by atoms with Gasteiger partial charge in [-0.25, -0.2) is 4.98 Å². The van der Waals surface area contributed by atoms with Crippen molar-refractivity contribution in [2.75, 3.05) is 0 Å². The minimum Gasteiger partial charge on any atom is -0.334 e. The molecular weight excluding hydrogens is 458 g/mol. The SMILES string of the molecule is Cc1noc(-c2c(Cl)nc3c(I)cc(CC(F)(F)F)cc3c2C)n1. The number of halogens is 5. The van der Waals surface area contributed by atoms with E-state index < -0.39 is 12.6 Å². The van der Waals surface area contributed by atoms with Gasteiger partial charge in [0.25, 0.3) is 5.89 Å². The third-order valence-electron chi connectivity index (χ3n) is 3.46. The number of rotatable bonds is 2. The minimum absolute atomic E-state index is 0.166. The summed E-state index contributed by atoms with van der Waals surface area (Å²) in [5.74, 6) is 0.626. The molecule has 2 heterocycles. The Kier molecular flexibility index (Phi) is 4.45. The van der Waals surface area contributed by atoms with E-state index >= 15 is 0 Å². The minimum atomic E-state index is -4.28. The molecule has 0 aliphatic heterocycles. The van der Waals surface area contributed by atoms with Crippen LogP contribution in [0.2, 0.25) is 5.15 Å². The molecule has 1 aromatic carbocycles. The zero-order valence-electron chi connectivity index (χ0n) is 12.5. The van der Waals surface area contributed by atoms with Crippen molar-refractivity contribution in [1.82, 2.24) is 15.1 Å². The Balaban J connectivity index is 2.26. The number of hydrogen-bond acceptors (Lipinski definition) is 4. The molecule has 0 atom stereocenters. The van der Waals surface area contributed by atoms with Gasteiger partial charge in [-0.1, -0.05) is 16.8 Å². The second-order valence-electron chi connectivity index (χ2n) is 5.32. The van der Waals surface area contributed by atoms with Gasteiger partial charge in [-0.15, -0.1) is 0 Å². The molecular formula is C15H10ClF3IN3O. The van der Waals surface area contributed by atoms with E-state index in [0.717, 1.165) is 0 Å². The molecule has 3 aromatic rings. The lowest BCUT2D eigenvalue weighted by atomic mass is 10.0. The first-order chi connectivity index (χ1) is 11.2. The number of alkyl halides is 3. The molecule has 9 heteroatoms. The summed E-state index contributed by atoms with van der Waals surface area (Å²) in [5.41, 5.74) is 1.80. The van der Waals surface area contributed by atoms with Gasteiger partial charge in [0.1, 0.15) is 5.15 Å². The second kappa shape index (κ2) is 6.14. The lowest BCUT2D eigenvalue weighted by Gasteiger charge is -2.12. The molecule has 0 aliphatic rings. The number of hydrogen-bond donors (Lipinski definition) is 0. The standard InChI is InChI=1S/C15H10ClF3IN3O/c1-6-9-3-8(5-15(17,18)19)4-10(20)12(9)22-13(16)11(6)14-21-7(2)23-24-14/h3-4H,5H2,1-2H3. The number of pyridine rings is 1. The van der Waals surface area contributed by atoms with Crippen LogP contribution < -0.4 is 0 Å².